The number of rotatable bonds is 7. The minimum absolute atomic E-state index is 0.462. The molecule has 1 aliphatic carbocycles. The summed E-state index contributed by atoms with van der Waals surface area (Å²) in [6.45, 7) is 7.07. The zero-order valence-electron chi connectivity index (χ0n) is 14.9. The zero-order chi connectivity index (χ0) is 16.8. The minimum atomic E-state index is 0.462. The van der Waals surface area contributed by atoms with Gasteiger partial charge in [0.15, 0.2) is 5.96 Å². The number of hydrogen-bond acceptors (Lipinski definition) is 2. The second kappa shape index (κ2) is 7.69. The van der Waals surface area contributed by atoms with Crippen molar-refractivity contribution >= 4 is 11.6 Å². The van der Waals surface area contributed by atoms with E-state index < -0.39 is 0 Å². The number of guanidine groups is 1. The molecule has 5 heteroatoms. The molecule has 0 bridgehead atoms. The Morgan fingerprint density at radius 2 is 2.17 bits per heavy atom. The lowest BCUT2D eigenvalue weighted by molar-refractivity contribution is 0.139. The number of nitrogens with zero attached hydrogens (tertiary/aromatic N) is 3. The van der Waals surface area contributed by atoms with E-state index in [4.69, 9.17) is 4.99 Å². The molecule has 0 radical (unpaired) electrons. The van der Waals surface area contributed by atoms with Crippen molar-refractivity contribution in [3.05, 3.63) is 36.3 Å². The monoisotopic (exact) mass is 327 g/mol. The summed E-state index contributed by atoms with van der Waals surface area (Å²) in [5.74, 6) is 0.931. The number of aromatic nitrogens is 2. The third-order valence-electron chi connectivity index (χ3n) is 5.17. The maximum absolute atomic E-state index is 4.82. The molecule has 0 atom stereocenters. The Labute approximate surface area is 144 Å². The molecule has 2 aromatic rings. The van der Waals surface area contributed by atoms with Gasteiger partial charge < -0.3 is 15.0 Å². The fourth-order valence-electron chi connectivity index (χ4n) is 3.31. The van der Waals surface area contributed by atoms with Crippen LogP contribution in [-0.4, -0.2) is 35.0 Å². The van der Waals surface area contributed by atoms with Crippen LogP contribution < -0.4 is 10.6 Å². The summed E-state index contributed by atoms with van der Waals surface area (Å²) in [7, 11) is 0. The molecule has 5 nitrogen and oxygen atoms in total. The van der Waals surface area contributed by atoms with E-state index >= 15 is 0 Å². The molecule has 3 rings (SSSR count). The van der Waals surface area contributed by atoms with E-state index in [1.807, 2.05) is 24.4 Å². The van der Waals surface area contributed by atoms with E-state index in [1.165, 1.54) is 25.7 Å². The number of hydrogen-bond donors (Lipinski definition) is 2. The highest BCUT2D eigenvalue weighted by Gasteiger charge is 2.34. The van der Waals surface area contributed by atoms with Crippen molar-refractivity contribution < 1.29 is 0 Å². The van der Waals surface area contributed by atoms with Crippen molar-refractivity contribution in [2.75, 3.05) is 19.6 Å². The molecule has 2 aromatic heterocycles. The van der Waals surface area contributed by atoms with Crippen LogP contribution in [0.5, 0.6) is 0 Å². The van der Waals surface area contributed by atoms with Gasteiger partial charge in [0.2, 0.25) is 0 Å². The summed E-state index contributed by atoms with van der Waals surface area (Å²) in [6.07, 6.45) is 10.3. The number of fused-ring (bicyclic) bond motifs is 1. The fourth-order valence-corrected chi connectivity index (χ4v) is 3.31. The highest BCUT2D eigenvalue weighted by molar-refractivity contribution is 5.79. The summed E-state index contributed by atoms with van der Waals surface area (Å²) in [6, 6.07) is 6.08. The highest BCUT2D eigenvalue weighted by Crippen LogP contribution is 2.43. The Bertz CT molecular complexity index is 645. The van der Waals surface area contributed by atoms with Crippen molar-refractivity contribution in [2.24, 2.45) is 10.4 Å². The predicted molar refractivity (Wildman–Crippen MR) is 99.5 cm³/mol. The quantitative estimate of drug-likeness (QED) is 0.607. The van der Waals surface area contributed by atoms with Crippen molar-refractivity contribution in [1.82, 2.24) is 20.0 Å². The molecule has 0 aromatic carbocycles. The number of imidazole rings is 1. The highest BCUT2D eigenvalue weighted by atomic mass is 15.2. The van der Waals surface area contributed by atoms with Crippen LogP contribution in [0.1, 0.15) is 45.2 Å². The summed E-state index contributed by atoms with van der Waals surface area (Å²) < 4.78 is 2.07. The minimum Gasteiger partial charge on any atom is -0.357 e. The lowest BCUT2D eigenvalue weighted by Crippen LogP contribution is -2.40. The SMILES string of the molecule is CCNC(=NCC1(CC)CCC1)NCCc1cn2ccccc2n1. The molecule has 1 aliphatic rings. The number of aliphatic imine (C=N–C) groups is 1. The molecule has 0 unspecified atom stereocenters. The van der Waals surface area contributed by atoms with Crippen molar-refractivity contribution in [3.63, 3.8) is 0 Å². The van der Waals surface area contributed by atoms with Gasteiger partial charge in [0.25, 0.3) is 0 Å². The normalized spacial score (nSPS) is 16.8. The lowest BCUT2D eigenvalue weighted by atomic mass is 9.67. The summed E-state index contributed by atoms with van der Waals surface area (Å²) in [5, 5.41) is 6.80. The molecule has 2 N–H and O–H groups in total. The fraction of sp³-hybridized carbons (Fsp3) is 0.579. The van der Waals surface area contributed by atoms with Gasteiger partial charge in [-0.3, -0.25) is 4.99 Å². The van der Waals surface area contributed by atoms with E-state index in [0.717, 1.165) is 43.4 Å². The molecule has 0 saturated heterocycles. The van der Waals surface area contributed by atoms with E-state index in [9.17, 15) is 0 Å². The van der Waals surface area contributed by atoms with Gasteiger partial charge in [-0.15, -0.1) is 0 Å². The van der Waals surface area contributed by atoms with Crippen LogP contribution in [-0.2, 0) is 6.42 Å². The maximum atomic E-state index is 4.82. The van der Waals surface area contributed by atoms with Crippen LogP contribution in [0.25, 0.3) is 5.65 Å². The van der Waals surface area contributed by atoms with E-state index in [2.05, 4.69) is 40.1 Å². The standard InChI is InChI=1S/C19H29N5/c1-3-19(10-7-11-19)15-22-18(20-4-2)21-12-9-16-14-24-13-6-5-8-17(24)23-16/h5-6,8,13-14H,3-4,7,9-12,15H2,1-2H3,(H2,20,21,22). The Morgan fingerprint density at radius 1 is 1.29 bits per heavy atom. The predicted octanol–water partition coefficient (Wildman–Crippen LogP) is 3.01. The van der Waals surface area contributed by atoms with Crippen LogP contribution in [0, 0.1) is 5.41 Å². The van der Waals surface area contributed by atoms with Gasteiger partial charge in [-0.1, -0.05) is 19.4 Å². The first-order chi connectivity index (χ1) is 11.7. The molecule has 1 fully saturated rings. The molecular weight excluding hydrogens is 298 g/mol. The number of nitrogens with one attached hydrogen (secondary N) is 2. The van der Waals surface area contributed by atoms with Gasteiger partial charge >= 0.3 is 0 Å². The Balaban J connectivity index is 1.53. The van der Waals surface area contributed by atoms with Gasteiger partial charge in [-0.2, -0.15) is 0 Å². The zero-order valence-corrected chi connectivity index (χ0v) is 14.9. The van der Waals surface area contributed by atoms with Gasteiger partial charge in [0.05, 0.1) is 5.69 Å². The van der Waals surface area contributed by atoms with Crippen LogP contribution >= 0.6 is 0 Å². The van der Waals surface area contributed by atoms with E-state index in [-0.39, 0.29) is 0 Å². The molecule has 1 saturated carbocycles. The molecular formula is C19H29N5. The lowest BCUT2D eigenvalue weighted by Gasteiger charge is -2.40. The Morgan fingerprint density at radius 3 is 2.83 bits per heavy atom. The second-order valence-corrected chi connectivity index (χ2v) is 6.78. The van der Waals surface area contributed by atoms with Crippen molar-refractivity contribution in [1.29, 1.82) is 0 Å². The Hall–Kier alpha value is -2.04. The summed E-state index contributed by atoms with van der Waals surface area (Å²) >= 11 is 0. The van der Waals surface area contributed by atoms with E-state index in [1.54, 1.807) is 0 Å². The van der Waals surface area contributed by atoms with E-state index in [0.29, 0.717) is 5.41 Å². The average molecular weight is 327 g/mol. The topological polar surface area (TPSA) is 53.7 Å². The third-order valence-corrected chi connectivity index (χ3v) is 5.17. The second-order valence-electron chi connectivity index (χ2n) is 6.78. The summed E-state index contributed by atoms with van der Waals surface area (Å²) in [5.41, 5.74) is 2.57. The van der Waals surface area contributed by atoms with Crippen molar-refractivity contribution in [2.45, 2.75) is 46.0 Å². The first-order valence-corrected chi connectivity index (χ1v) is 9.19. The van der Waals surface area contributed by atoms with Crippen molar-refractivity contribution in [3.8, 4) is 0 Å². The maximum Gasteiger partial charge on any atom is 0.191 e. The van der Waals surface area contributed by atoms with Gasteiger partial charge in [-0.05, 0) is 43.7 Å². The first kappa shape index (κ1) is 16.8. The van der Waals surface area contributed by atoms with Gasteiger partial charge in [-0.25, -0.2) is 4.98 Å². The largest absolute Gasteiger partial charge is 0.357 e. The molecule has 0 amide bonds. The third kappa shape index (κ3) is 3.89. The summed E-state index contributed by atoms with van der Waals surface area (Å²) in [4.78, 5) is 9.46. The Kier molecular flexibility index (Phi) is 5.38. The van der Waals surface area contributed by atoms with Crippen LogP contribution in [0.4, 0.5) is 0 Å². The van der Waals surface area contributed by atoms with Crippen LogP contribution in [0.3, 0.4) is 0 Å². The van der Waals surface area contributed by atoms with Gasteiger partial charge in [0.1, 0.15) is 5.65 Å². The molecule has 2 heterocycles. The smallest absolute Gasteiger partial charge is 0.191 e. The number of pyridine rings is 1. The molecule has 24 heavy (non-hydrogen) atoms. The first-order valence-electron chi connectivity index (χ1n) is 9.19. The average Bonchev–Trinajstić information content (AvgIpc) is 2.97. The van der Waals surface area contributed by atoms with Gasteiger partial charge in [0, 0.05) is 38.4 Å². The van der Waals surface area contributed by atoms with Crippen LogP contribution in [0.2, 0.25) is 0 Å². The molecule has 0 spiro atoms. The molecule has 130 valence electrons. The van der Waals surface area contributed by atoms with Crippen LogP contribution in [0.15, 0.2) is 35.6 Å². The molecule has 0 aliphatic heterocycles.